The highest BCUT2D eigenvalue weighted by Gasteiger charge is 2.33. The molecular formula is C28H30Cl3N3O4S. The van der Waals surface area contributed by atoms with Crippen molar-refractivity contribution in [3.63, 3.8) is 0 Å². The van der Waals surface area contributed by atoms with E-state index in [9.17, 15) is 18.0 Å². The third-order valence-corrected chi connectivity index (χ3v) is 8.86. The van der Waals surface area contributed by atoms with Gasteiger partial charge in [-0.05, 0) is 74.4 Å². The van der Waals surface area contributed by atoms with Gasteiger partial charge in [0.2, 0.25) is 11.8 Å². The number of nitrogens with one attached hydrogen (secondary N) is 1. The first-order valence-corrected chi connectivity index (χ1v) is 14.9. The topological polar surface area (TPSA) is 86.8 Å². The van der Waals surface area contributed by atoms with E-state index < -0.39 is 28.5 Å². The number of aryl methyl sites for hydroxylation is 1. The lowest BCUT2D eigenvalue weighted by Gasteiger charge is -2.33. The van der Waals surface area contributed by atoms with Crippen LogP contribution >= 0.6 is 34.8 Å². The van der Waals surface area contributed by atoms with E-state index in [0.29, 0.717) is 33.6 Å². The number of carbonyl (C=O) groups excluding carboxylic acids is 2. The van der Waals surface area contributed by atoms with Gasteiger partial charge in [0.25, 0.3) is 10.0 Å². The van der Waals surface area contributed by atoms with Crippen LogP contribution in [0, 0.1) is 6.92 Å². The van der Waals surface area contributed by atoms with E-state index in [1.807, 2.05) is 6.92 Å². The zero-order valence-electron chi connectivity index (χ0n) is 21.8. The Morgan fingerprint density at radius 2 is 1.54 bits per heavy atom. The van der Waals surface area contributed by atoms with E-state index in [0.717, 1.165) is 9.87 Å². The summed E-state index contributed by atoms with van der Waals surface area (Å²) in [4.78, 5) is 28.3. The predicted molar refractivity (Wildman–Crippen MR) is 157 cm³/mol. The van der Waals surface area contributed by atoms with Gasteiger partial charge in [0.1, 0.15) is 12.6 Å². The Balaban J connectivity index is 2.06. The van der Waals surface area contributed by atoms with Gasteiger partial charge in [-0.15, -0.1) is 0 Å². The molecule has 0 bridgehead atoms. The molecule has 3 aromatic carbocycles. The summed E-state index contributed by atoms with van der Waals surface area (Å²) in [6.45, 7) is 5.27. The Labute approximate surface area is 244 Å². The molecule has 0 radical (unpaired) electrons. The molecule has 3 rings (SSSR count). The number of sulfonamides is 1. The summed E-state index contributed by atoms with van der Waals surface area (Å²) >= 11 is 18.3. The summed E-state index contributed by atoms with van der Waals surface area (Å²) in [7, 11) is -4.16. The van der Waals surface area contributed by atoms with Gasteiger partial charge in [0.15, 0.2) is 0 Å². The lowest BCUT2D eigenvalue weighted by Crippen LogP contribution is -2.52. The second-order valence-electron chi connectivity index (χ2n) is 8.89. The fourth-order valence-corrected chi connectivity index (χ4v) is 5.88. The highest BCUT2D eigenvalue weighted by molar-refractivity contribution is 7.92. The number of hydrogen-bond donors (Lipinski definition) is 1. The molecule has 0 aliphatic carbocycles. The highest BCUT2D eigenvalue weighted by atomic mass is 35.5. The second kappa shape index (κ2) is 13.5. The first kappa shape index (κ1) is 30.8. The Morgan fingerprint density at radius 3 is 2.10 bits per heavy atom. The number of hydrogen-bond acceptors (Lipinski definition) is 4. The molecule has 0 fully saturated rings. The number of amides is 2. The second-order valence-corrected chi connectivity index (χ2v) is 12.0. The van der Waals surface area contributed by atoms with Crippen molar-refractivity contribution in [3.05, 3.63) is 92.9 Å². The molecular weight excluding hydrogens is 581 g/mol. The van der Waals surface area contributed by atoms with E-state index in [2.05, 4.69) is 5.32 Å². The summed E-state index contributed by atoms with van der Waals surface area (Å²) in [6, 6.07) is 16.6. The van der Waals surface area contributed by atoms with Gasteiger partial charge < -0.3 is 10.2 Å². The van der Waals surface area contributed by atoms with Gasteiger partial charge in [-0.25, -0.2) is 8.42 Å². The molecule has 11 heteroatoms. The third-order valence-electron chi connectivity index (χ3n) is 6.08. The fraction of sp³-hybridized carbons (Fsp3) is 0.286. The molecule has 1 N–H and O–H groups in total. The molecule has 0 spiro atoms. The van der Waals surface area contributed by atoms with Crippen molar-refractivity contribution < 1.29 is 18.0 Å². The molecule has 208 valence electrons. The van der Waals surface area contributed by atoms with E-state index in [1.165, 1.54) is 29.2 Å². The van der Waals surface area contributed by atoms with Gasteiger partial charge in [0, 0.05) is 18.1 Å². The van der Waals surface area contributed by atoms with Gasteiger partial charge in [-0.2, -0.15) is 0 Å². The summed E-state index contributed by atoms with van der Waals surface area (Å²) in [5, 5.41) is 3.84. The maximum Gasteiger partial charge on any atom is 0.264 e. The van der Waals surface area contributed by atoms with Crippen LogP contribution in [0.3, 0.4) is 0 Å². The number of benzene rings is 3. The normalized spacial score (nSPS) is 12.1. The first-order valence-electron chi connectivity index (χ1n) is 12.3. The highest BCUT2D eigenvalue weighted by Crippen LogP contribution is 2.27. The smallest absolute Gasteiger partial charge is 0.264 e. The van der Waals surface area contributed by atoms with Crippen molar-refractivity contribution in [1.82, 2.24) is 10.2 Å². The summed E-state index contributed by atoms with van der Waals surface area (Å²) in [6.07, 6.45) is 0.310. The monoisotopic (exact) mass is 609 g/mol. The minimum atomic E-state index is -4.16. The van der Waals surface area contributed by atoms with Crippen molar-refractivity contribution in [1.29, 1.82) is 0 Å². The first-order chi connectivity index (χ1) is 18.5. The molecule has 0 saturated heterocycles. The molecule has 0 saturated carbocycles. The summed E-state index contributed by atoms with van der Waals surface area (Å²) in [5.74, 6) is -0.905. The number of rotatable bonds is 11. The van der Waals surface area contributed by atoms with Crippen LogP contribution in [0.15, 0.2) is 71.6 Å². The van der Waals surface area contributed by atoms with Crippen LogP contribution in [0.5, 0.6) is 0 Å². The molecule has 0 aliphatic heterocycles. The van der Waals surface area contributed by atoms with Crippen molar-refractivity contribution in [2.75, 3.05) is 17.4 Å². The molecule has 0 heterocycles. The van der Waals surface area contributed by atoms with Crippen molar-refractivity contribution in [2.45, 2.75) is 44.7 Å². The summed E-state index contributed by atoms with van der Waals surface area (Å²) in [5.41, 5.74) is 1.79. The molecule has 0 aliphatic rings. The number of carbonyl (C=O) groups is 2. The lowest BCUT2D eigenvalue weighted by atomic mass is 10.1. The Kier molecular flexibility index (Phi) is 10.7. The number of likely N-dealkylation sites (N-methyl/N-ethyl adjacent to an activating group) is 1. The van der Waals surface area contributed by atoms with E-state index in [1.54, 1.807) is 56.3 Å². The number of anilines is 1. The largest absolute Gasteiger partial charge is 0.355 e. The zero-order valence-corrected chi connectivity index (χ0v) is 24.9. The van der Waals surface area contributed by atoms with Gasteiger partial charge >= 0.3 is 0 Å². The third kappa shape index (κ3) is 7.66. The molecule has 3 aromatic rings. The minimum absolute atomic E-state index is 0.0183. The molecule has 7 nitrogen and oxygen atoms in total. The van der Waals surface area contributed by atoms with Crippen LogP contribution in [0.1, 0.15) is 31.4 Å². The average molecular weight is 611 g/mol. The Hall–Kier alpha value is -2.78. The van der Waals surface area contributed by atoms with Gasteiger partial charge in [-0.3, -0.25) is 13.9 Å². The van der Waals surface area contributed by atoms with Crippen LogP contribution in [0.2, 0.25) is 15.1 Å². The molecule has 39 heavy (non-hydrogen) atoms. The lowest BCUT2D eigenvalue weighted by molar-refractivity contribution is -0.140. The van der Waals surface area contributed by atoms with Crippen LogP contribution in [0.25, 0.3) is 0 Å². The minimum Gasteiger partial charge on any atom is -0.355 e. The quantitative estimate of drug-likeness (QED) is 0.285. The van der Waals surface area contributed by atoms with Crippen LogP contribution in [0.4, 0.5) is 5.69 Å². The molecule has 0 unspecified atom stereocenters. The van der Waals surface area contributed by atoms with E-state index in [-0.39, 0.29) is 23.0 Å². The van der Waals surface area contributed by atoms with Gasteiger partial charge in [-0.1, -0.05) is 65.5 Å². The van der Waals surface area contributed by atoms with Crippen LogP contribution < -0.4 is 9.62 Å². The van der Waals surface area contributed by atoms with Crippen LogP contribution in [-0.2, 0) is 26.2 Å². The average Bonchev–Trinajstić information content (AvgIpc) is 2.90. The Morgan fingerprint density at radius 1 is 0.897 bits per heavy atom. The van der Waals surface area contributed by atoms with Crippen molar-refractivity contribution in [3.8, 4) is 0 Å². The van der Waals surface area contributed by atoms with E-state index >= 15 is 0 Å². The van der Waals surface area contributed by atoms with Crippen molar-refractivity contribution >= 4 is 62.3 Å². The maximum absolute atomic E-state index is 13.9. The molecule has 1 atom stereocenters. The zero-order chi connectivity index (χ0) is 28.7. The van der Waals surface area contributed by atoms with Crippen LogP contribution in [-0.4, -0.2) is 44.3 Å². The molecule has 0 aromatic heterocycles. The standard InChI is InChI=1S/C28H30Cl3N3O4S/c1-4-26(28(36)32-5-2)33(17-20-8-15-24(30)25(31)16-20)27(35)18-34(22-11-9-21(29)10-12-22)39(37,38)23-13-6-19(3)7-14-23/h6-16,26H,4-5,17-18H2,1-3H3,(H,32,36)/t26-/m0/s1. The SMILES string of the molecule is CCNC(=O)[C@H](CC)N(Cc1ccc(Cl)c(Cl)c1)C(=O)CN(c1ccc(Cl)cc1)S(=O)(=O)c1ccc(C)cc1. The number of halogens is 3. The van der Waals surface area contributed by atoms with E-state index in [4.69, 9.17) is 34.8 Å². The summed E-state index contributed by atoms with van der Waals surface area (Å²) < 4.78 is 28.7. The Bertz CT molecular complexity index is 1410. The predicted octanol–water partition coefficient (Wildman–Crippen LogP) is 6.09. The number of nitrogens with zero attached hydrogens (tertiary/aromatic N) is 2. The maximum atomic E-state index is 13.9. The molecule has 2 amide bonds. The van der Waals surface area contributed by atoms with Gasteiger partial charge in [0.05, 0.1) is 20.6 Å². The van der Waals surface area contributed by atoms with Crippen molar-refractivity contribution in [2.24, 2.45) is 0 Å². The fourth-order valence-electron chi connectivity index (χ4n) is 4.02.